The zero-order chi connectivity index (χ0) is 14.0. The molecule has 0 aliphatic heterocycles. The van der Waals surface area contributed by atoms with Gasteiger partial charge in [0.05, 0.1) is 9.26 Å². The lowest BCUT2D eigenvalue weighted by atomic mass is 10.2. The topological polar surface area (TPSA) is 62.2 Å². The first kappa shape index (κ1) is 14.1. The summed E-state index contributed by atoms with van der Waals surface area (Å²) in [5, 5.41) is 12.5. The third-order valence-electron chi connectivity index (χ3n) is 2.56. The molecule has 0 spiro atoms. The molecule has 2 N–H and O–H groups in total. The Hall–Kier alpha value is -1.34. The maximum Gasteiger partial charge on any atom is 0.255 e. The molecule has 1 amide bonds. The Morgan fingerprint density at radius 3 is 2.79 bits per heavy atom. The number of phenolic OH excluding ortho intramolecular Hbond substituents is 1. The molecule has 0 atom stereocenters. The normalized spacial score (nSPS) is 10.3. The summed E-state index contributed by atoms with van der Waals surface area (Å²) in [7, 11) is 0. The number of phenols is 1. The molecule has 98 valence electrons. The van der Waals surface area contributed by atoms with E-state index in [1.54, 1.807) is 24.4 Å². The van der Waals surface area contributed by atoms with Gasteiger partial charge in [-0.25, -0.2) is 4.98 Å². The molecular formula is C13H10ClIN2O2. The van der Waals surface area contributed by atoms with Crippen molar-refractivity contribution in [1.82, 2.24) is 4.98 Å². The number of aromatic hydroxyl groups is 1. The van der Waals surface area contributed by atoms with E-state index < -0.39 is 0 Å². The van der Waals surface area contributed by atoms with Crippen LogP contribution in [-0.2, 0) is 0 Å². The van der Waals surface area contributed by atoms with E-state index >= 15 is 0 Å². The Labute approximate surface area is 129 Å². The first-order valence-electron chi connectivity index (χ1n) is 5.40. The Kier molecular flexibility index (Phi) is 4.26. The number of nitrogens with one attached hydrogen (secondary N) is 1. The van der Waals surface area contributed by atoms with E-state index in [1.165, 1.54) is 6.07 Å². The average Bonchev–Trinajstić information content (AvgIpc) is 2.37. The number of amides is 1. The zero-order valence-electron chi connectivity index (χ0n) is 9.95. The van der Waals surface area contributed by atoms with E-state index in [1.807, 2.05) is 29.5 Å². The molecule has 1 aromatic heterocycles. The number of hydrogen-bond donors (Lipinski definition) is 2. The third-order valence-corrected chi connectivity index (χ3v) is 3.76. The van der Waals surface area contributed by atoms with Crippen molar-refractivity contribution >= 4 is 45.8 Å². The minimum absolute atomic E-state index is 0.0715. The second kappa shape index (κ2) is 5.75. The number of aromatic nitrogens is 1. The summed E-state index contributed by atoms with van der Waals surface area (Å²) in [5.41, 5.74) is 1.66. The van der Waals surface area contributed by atoms with Gasteiger partial charge in [-0.05, 0) is 59.3 Å². The fourth-order valence-corrected chi connectivity index (χ4v) is 2.10. The van der Waals surface area contributed by atoms with Gasteiger partial charge in [0.2, 0.25) is 0 Å². The molecule has 0 unspecified atom stereocenters. The predicted molar refractivity (Wildman–Crippen MR) is 82.8 cm³/mol. The molecule has 19 heavy (non-hydrogen) atoms. The number of nitrogens with zero attached hydrogens (tertiary/aromatic N) is 1. The molecule has 1 heterocycles. The van der Waals surface area contributed by atoms with Crippen LogP contribution in [0.2, 0.25) is 5.15 Å². The number of carbonyl (C=O) groups is 1. The van der Waals surface area contributed by atoms with Gasteiger partial charge in [-0.1, -0.05) is 11.6 Å². The number of pyridine rings is 1. The highest BCUT2D eigenvalue weighted by Gasteiger charge is 2.12. The number of aryl methyl sites for hydroxylation is 1. The van der Waals surface area contributed by atoms with Gasteiger partial charge in [0.25, 0.3) is 5.91 Å². The number of carbonyl (C=O) groups excluding carboxylic acids is 1. The summed E-state index contributed by atoms with van der Waals surface area (Å²) in [6, 6.07) is 6.47. The number of rotatable bonds is 2. The maximum atomic E-state index is 12.1. The van der Waals surface area contributed by atoms with Gasteiger partial charge in [-0.2, -0.15) is 0 Å². The lowest BCUT2D eigenvalue weighted by Crippen LogP contribution is -2.13. The fraction of sp³-hybridized carbons (Fsp3) is 0.0769. The van der Waals surface area contributed by atoms with Gasteiger partial charge >= 0.3 is 0 Å². The lowest BCUT2D eigenvalue weighted by Gasteiger charge is -2.09. The molecule has 0 bridgehead atoms. The summed E-state index contributed by atoms with van der Waals surface area (Å²) in [6.07, 6.45) is 1.57. The molecule has 1 aromatic carbocycles. The van der Waals surface area contributed by atoms with E-state index in [-0.39, 0.29) is 16.8 Å². The van der Waals surface area contributed by atoms with Crippen LogP contribution in [0.1, 0.15) is 15.9 Å². The molecular weight excluding hydrogens is 379 g/mol. The molecule has 6 heteroatoms. The van der Waals surface area contributed by atoms with Crippen LogP contribution in [0, 0.1) is 10.5 Å². The van der Waals surface area contributed by atoms with Crippen molar-refractivity contribution in [2.24, 2.45) is 0 Å². The van der Waals surface area contributed by atoms with Crippen molar-refractivity contribution < 1.29 is 9.90 Å². The van der Waals surface area contributed by atoms with Crippen molar-refractivity contribution in [3.63, 3.8) is 0 Å². The minimum atomic E-state index is -0.343. The molecule has 0 saturated carbocycles. The van der Waals surface area contributed by atoms with Crippen molar-refractivity contribution in [3.05, 3.63) is 50.3 Å². The molecule has 0 aliphatic rings. The summed E-state index contributed by atoms with van der Waals surface area (Å²) < 4.78 is 0.685. The molecule has 4 nitrogen and oxygen atoms in total. The number of anilines is 1. The van der Waals surface area contributed by atoms with Crippen molar-refractivity contribution in [2.75, 3.05) is 5.32 Å². The zero-order valence-corrected chi connectivity index (χ0v) is 12.9. The van der Waals surface area contributed by atoms with E-state index in [0.29, 0.717) is 14.8 Å². The Balaban J connectivity index is 2.28. The monoisotopic (exact) mass is 388 g/mol. The van der Waals surface area contributed by atoms with Gasteiger partial charge in [0, 0.05) is 11.8 Å². The molecule has 2 aromatic rings. The second-order valence-corrected chi connectivity index (χ2v) is 5.43. The number of halogens is 2. The Bertz CT molecular complexity index is 626. The maximum absolute atomic E-state index is 12.1. The predicted octanol–water partition coefficient (Wildman–Crippen LogP) is 3.61. The van der Waals surface area contributed by atoms with Crippen LogP contribution in [0.3, 0.4) is 0 Å². The molecule has 0 radical (unpaired) electrons. The molecule has 0 fully saturated rings. The van der Waals surface area contributed by atoms with Gasteiger partial charge < -0.3 is 10.4 Å². The van der Waals surface area contributed by atoms with Crippen LogP contribution in [0.4, 0.5) is 5.69 Å². The first-order chi connectivity index (χ1) is 8.99. The first-order valence-corrected chi connectivity index (χ1v) is 6.85. The van der Waals surface area contributed by atoms with Crippen LogP contribution in [0.15, 0.2) is 30.5 Å². The van der Waals surface area contributed by atoms with Crippen molar-refractivity contribution in [3.8, 4) is 5.75 Å². The van der Waals surface area contributed by atoms with Crippen molar-refractivity contribution in [2.45, 2.75) is 6.92 Å². The van der Waals surface area contributed by atoms with E-state index in [4.69, 9.17) is 11.6 Å². The smallest absolute Gasteiger partial charge is 0.255 e. The molecule has 2 rings (SSSR count). The highest BCUT2D eigenvalue weighted by molar-refractivity contribution is 14.1. The van der Waals surface area contributed by atoms with Crippen LogP contribution < -0.4 is 5.32 Å². The van der Waals surface area contributed by atoms with E-state index in [9.17, 15) is 9.90 Å². The van der Waals surface area contributed by atoms with Crippen LogP contribution in [0.5, 0.6) is 5.75 Å². The highest BCUT2D eigenvalue weighted by Crippen LogP contribution is 2.25. The summed E-state index contributed by atoms with van der Waals surface area (Å²) in [6.45, 7) is 1.83. The standard InChI is InChI=1S/C13H10ClIN2O2/c1-7-4-5-16-12(14)11(7)17-13(19)8-2-3-9(15)10(18)6-8/h2-6,18H,1H3,(H,17,19). The van der Waals surface area contributed by atoms with Gasteiger partial charge in [0.1, 0.15) is 5.75 Å². The summed E-state index contributed by atoms with van der Waals surface area (Å²) in [4.78, 5) is 16.0. The Morgan fingerprint density at radius 2 is 2.16 bits per heavy atom. The largest absolute Gasteiger partial charge is 0.507 e. The molecule has 0 saturated heterocycles. The SMILES string of the molecule is Cc1ccnc(Cl)c1NC(=O)c1ccc(I)c(O)c1. The van der Waals surface area contributed by atoms with Crippen LogP contribution in [0.25, 0.3) is 0 Å². The third kappa shape index (κ3) is 3.16. The van der Waals surface area contributed by atoms with Crippen LogP contribution >= 0.6 is 34.2 Å². The van der Waals surface area contributed by atoms with Gasteiger partial charge in [0.15, 0.2) is 5.15 Å². The summed E-state index contributed by atoms with van der Waals surface area (Å²) >= 11 is 7.93. The number of benzene rings is 1. The van der Waals surface area contributed by atoms with E-state index in [0.717, 1.165) is 5.56 Å². The Morgan fingerprint density at radius 1 is 1.42 bits per heavy atom. The molecule has 0 aliphatic carbocycles. The van der Waals surface area contributed by atoms with Crippen LogP contribution in [-0.4, -0.2) is 16.0 Å². The lowest BCUT2D eigenvalue weighted by molar-refractivity contribution is 0.102. The quantitative estimate of drug-likeness (QED) is 0.610. The minimum Gasteiger partial charge on any atom is -0.507 e. The highest BCUT2D eigenvalue weighted by atomic mass is 127. The fourth-order valence-electron chi connectivity index (χ4n) is 1.51. The van der Waals surface area contributed by atoms with E-state index in [2.05, 4.69) is 10.3 Å². The summed E-state index contributed by atoms with van der Waals surface area (Å²) in [5.74, 6) is -0.271. The average molecular weight is 389 g/mol. The second-order valence-electron chi connectivity index (χ2n) is 3.91. The van der Waals surface area contributed by atoms with Gasteiger partial charge in [-0.3, -0.25) is 4.79 Å². The van der Waals surface area contributed by atoms with Crippen molar-refractivity contribution in [1.29, 1.82) is 0 Å². The van der Waals surface area contributed by atoms with Gasteiger partial charge in [-0.15, -0.1) is 0 Å². The number of hydrogen-bond acceptors (Lipinski definition) is 3.